The molecule has 15 heavy (non-hydrogen) atoms. The van der Waals surface area contributed by atoms with Crippen molar-refractivity contribution in [1.29, 1.82) is 0 Å². The summed E-state index contributed by atoms with van der Waals surface area (Å²) >= 11 is 5.88. The van der Waals surface area contributed by atoms with Crippen LogP contribution in [0.3, 0.4) is 0 Å². The van der Waals surface area contributed by atoms with Gasteiger partial charge in [-0.2, -0.15) is 0 Å². The summed E-state index contributed by atoms with van der Waals surface area (Å²) in [4.78, 5) is 12.3. The Bertz CT molecular complexity index is 461. The topological polar surface area (TPSA) is 47.9 Å². The Morgan fingerprint density at radius 1 is 1.27 bits per heavy atom. The molecule has 0 atom stereocenters. The fraction of sp³-hybridized carbons (Fsp3) is 0.100. The number of methoxy groups -OCH3 is 1. The van der Waals surface area contributed by atoms with Crippen LogP contribution in [-0.2, 0) is 0 Å². The van der Waals surface area contributed by atoms with E-state index in [-0.39, 0.29) is 5.15 Å². The molecule has 2 aromatic heterocycles. The Labute approximate surface area is 91.9 Å². The van der Waals surface area contributed by atoms with Gasteiger partial charge in [0, 0.05) is 6.20 Å². The molecule has 0 unspecified atom stereocenters. The van der Waals surface area contributed by atoms with Crippen molar-refractivity contribution in [3.8, 4) is 17.3 Å². The smallest absolute Gasteiger partial charge is 0.179 e. The van der Waals surface area contributed by atoms with E-state index in [4.69, 9.17) is 16.3 Å². The van der Waals surface area contributed by atoms with Crippen LogP contribution in [0.15, 0.2) is 30.6 Å². The monoisotopic (exact) mass is 221 g/mol. The number of nitrogens with zero attached hydrogens (tertiary/aromatic N) is 3. The highest BCUT2D eigenvalue weighted by atomic mass is 35.5. The van der Waals surface area contributed by atoms with Gasteiger partial charge in [-0.1, -0.05) is 17.7 Å². The average Bonchev–Trinajstić information content (AvgIpc) is 2.30. The lowest BCUT2D eigenvalue weighted by Gasteiger charge is -2.03. The van der Waals surface area contributed by atoms with Gasteiger partial charge in [0.1, 0.15) is 5.69 Å². The minimum Gasteiger partial charge on any atom is -0.492 e. The molecule has 2 aromatic rings. The van der Waals surface area contributed by atoms with Crippen LogP contribution in [0.25, 0.3) is 11.5 Å². The van der Waals surface area contributed by atoms with E-state index in [0.717, 1.165) is 0 Å². The van der Waals surface area contributed by atoms with Crippen LogP contribution in [0.2, 0.25) is 5.15 Å². The van der Waals surface area contributed by atoms with Gasteiger partial charge in [0.25, 0.3) is 0 Å². The molecular formula is C10H8ClN3O. The maximum absolute atomic E-state index is 5.88. The molecule has 0 bridgehead atoms. The predicted molar refractivity (Wildman–Crippen MR) is 56.8 cm³/mol. The second-order valence-electron chi connectivity index (χ2n) is 2.77. The van der Waals surface area contributed by atoms with Gasteiger partial charge in [-0.15, -0.1) is 0 Å². The van der Waals surface area contributed by atoms with Crippen LogP contribution in [-0.4, -0.2) is 22.1 Å². The van der Waals surface area contributed by atoms with E-state index in [1.165, 1.54) is 13.3 Å². The molecule has 76 valence electrons. The maximum atomic E-state index is 5.88. The minimum atomic E-state index is 0.285. The molecular weight excluding hydrogens is 214 g/mol. The van der Waals surface area contributed by atoms with Crippen molar-refractivity contribution in [3.63, 3.8) is 0 Å². The highest BCUT2D eigenvalue weighted by molar-refractivity contribution is 6.30. The summed E-state index contributed by atoms with van der Waals surface area (Å²) < 4.78 is 4.96. The van der Waals surface area contributed by atoms with Gasteiger partial charge in [-0.05, 0) is 12.1 Å². The van der Waals surface area contributed by atoms with E-state index in [0.29, 0.717) is 17.3 Å². The van der Waals surface area contributed by atoms with Gasteiger partial charge in [0.05, 0.1) is 13.3 Å². The van der Waals surface area contributed by atoms with E-state index in [2.05, 4.69) is 15.0 Å². The first-order chi connectivity index (χ1) is 7.31. The number of halogens is 1. The summed E-state index contributed by atoms with van der Waals surface area (Å²) in [7, 11) is 1.52. The van der Waals surface area contributed by atoms with Crippen LogP contribution >= 0.6 is 11.6 Å². The Morgan fingerprint density at radius 2 is 2.13 bits per heavy atom. The SMILES string of the molecule is COc1cnc(-c2ccccn2)nc1Cl. The quantitative estimate of drug-likeness (QED) is 0.730. The molecule has 0 aromatic carbocycles. The largest absolute Gasteiger partial charge is 0.492 e. The molecule has 4 nitrogen and oxygen atoms in total. The zero-order valence-electron chi connectivity index (χ0n) is 8.01. The van der Waals surface area contributed by atoms with Gasteiger partial charge in [0.2, 0.25) is 0 Å². The third kappa shape index (κ3) is 2.05. The molecule has 2 heterocycles. The lowest BCUT2D eigenvalue weighted by atomic mass is 10.3. The third-order valence-corrected chi connectivity index (χ3v) is 2.10. The summed E-state index contributed by atoms with van der Waals surface area (Å²) in [6.07, 6.45) is 3.20. The molecule has 0 aliphatic rings. The van der Waals surface area contributed by atoms with Crippen molar-refractivity contribution in [2.24, 2.45) is 0 Å². The summed E-state index contributed by atoms with van der Waals surface area (Å²) in [6.45, 7) is 0. The van der Waals surface area contributed by atoms with Crippen LogP contribution in [0, 0.1) is 0 Å². The van der Waals surface area contributed by atoms with Crippen LogP contribution in [0.4, 0.5) is 0 Å². The molecule has 2 rings (SSSR count). The highest BCUT2D eigenvalue weighted by Gasteiger charge is 2.07. The number of hydrogen-bond donors (Lipinski definition) is 0. The van der Waals surface area contributed by atoms with E-state index < -0.39 is 0 Å². The fourth-order valence-electron chi connectivity index (χ4n) is 1.11. The second-order valence-corrected chi connectivity index (χ2v) is 3.13. The standard InChI is InChI=1S/C10H8ClN3O/c1-15-8-6-13-10(14-9(8)11)7-4-2-3-5-12-7/h2-6H,1H3. The summed E-state index contributed by atoms with van der Waals surface area (Å²) in [6, 6.07) is 5.51. The maximum Gasteiger partial charge on any atom is 0.179 e. The molecule has 0 radical (unpaired) electrons. The average molecular weight is 222 g/mol. The number of rotatable bonds is 2. The lowest BCUT2D eigenvalue weighted by molar-refractivity contribution is 0.411. The van der Waals surface area contributed by atoms with Crippen LogP contribution in [0.5, 0.6) is 5.75 Å². The first kappa shape index (κ1) is 9.86. The van der Waals surface area contributed by atoms with Crippen molar-refractivity contribution in [2.45, 2.75) is 0 Å². The first-order valence-electron chi connectivity index (χ1n) is 4.29. The van der Waals surface area contributed by atoms with E-state index >= 15 is 0 Å². The van der Waals surface area contributed by atoms with Crippen molar-refractivity contribution < 1.29 is 4.74 Å². The number of pyridine rings is 1. The van der Waals surface area contributed by atoms with Gasteiger partial charge in [0.15, 0.2) is 16.7 Å². The van der Waals surface area contributed by atoms with Gasteiger partial charge in [-0.3, -0.25) is 4.98 Å². The Balaban J connectivity index is 2.43. The zero-order valence-corrected chi connectivity index (χ0v) is 8.77. The number of ether oxygens (including phenoxy) is 1. The van der Waals surface area contributed by atoms with Crippen LogP contribution < -0.4 is 4.74 Å². The van der Waals surface area contributed by atoms with Crippen molar-refractivity contribution in [1.82, 2.24) is 15.0 Å². The Hall–Kier alpha value is -1.68. The summed E-state index contributed by atoms with van der Waals surface area (Å²) in [5.41, 5.74) is 0.682. The summed E-state index contributed by atoms with van der Waals surface area (Å²) in [5, 5.41) is 0.285. The normalized spacial score (nSPS) is 10.0. The van der Waals surface area contributed by atoms with E-state index in [1.54, 1.807) is 6.20 Å². The molecule has 0 aliphatic carbocycles. The van der Waals surface area contributed by atoms with Crippen LogP contribution in [0.1, 0.15) is 0 Å². The number of aromatic nitrogens is 3. The molecule has 5 heteroatoms. The minimum absolute atomic E-state index is 0.285. The lowest BCUT2D eigenvalue weighted by Crippen LogP contribution is -1.94. The molecule has 0 saturated carbocycles. The second kappa shape index (κ2) is 4.23. The third-order valence-electron chi connectivity index (χ3n) is 1.83. The van der Waals surface area contributed by atoms with Gasteiger partial charge >= 0.3 is 0 Å². The van der Waals surface area contributed by atoms with Crippen molar-refractivity contribution in [2.75, 3.05) is 7.11 Å². The summed E-state index contributed by atoms with van der Waals surface area (Å²) in [5.74, 6) is 0.942. The van der Waals surface area contributed by atoms with E-state index in [1.807, 2.05) is 18.2 Å². The van der Waals surface area contributed by atoms with Gasteiger partial charge < -0.3 is 4.74 Å². The van der Waals surface area contributed by atoms with E-state index in [9.17, 15) is 0 Å². The molecule has 0 N–H and O–H groups in total. The number of hydrogen-bond acceptors (Lipinski definition) is 4. The first-order valence-corrected chi connectivity index (χ1v) is 4.67. The zero-order chi connectivity index (χ0) is 10.7. The molecule has 0 spiro atoms. The van der Waals surface area contributed by atoms with Crippen molar-refractivity contribution in [3.05, 3.63) is 35.7 Å². The van der Waals surface area contributed by atoms with Gasteiger partial charge in [-0.25, -0.2) is 9.97 Å². The Morgan fingerprint density at radius 3 is 2.73 bits per heavy atom. The highest BCUT2D eigenvalue weighted by Crippen LogP contribution is 2.22. The molecule has 0 aliphatic heterocycles. The Kier molecular flexibility index (Phi) is 2.78. The predicted octanol–water partition coefficient (Wildman–Crippen LogP) is 2.20. The van der Waals surface area contributed by atoms with Crippen molar-refractivity contribution >= 4 is 11.6 Å². The fourth-order valence-corrected chi connectivity index (χ4v) is 1.31. The molecule has 0 saturated heterocycles. The molecule has 0 amide bonds. The molecule has 0 fully saturated rings.